The normalized spacial score (nSPS) is 27.0. The van der Waals surface area contributed by atoms with Crippen molar-refractivity contribution in [1.82, 2.24) is 4.90 Å². The minimum absolute atomic E-state index is 0.129. The Kier molecular flexibility index (Phi) is 5.45. The summed E-state index contributed by atoms with van der Waals surface area (Å²) < 4.78 is 46.1. The van der Waals surface area contributed by atoms with E-state index in [4.69, 9.17) is 10.00 Å². The molecule has 0 aromatic heterocycles. The number of likely N-dealkylation sites (tertiary alicyclic amines) is 1. The lowest BCUT2D eigenvalue weighted by Gasteiger charge is -2.44. The molecule has 5 nitrogen and oxygen atoms in total. The van der Waals surface area contributed by atoms with Crippen LogP contribution in [0, 0.1) is 28.1 Å². The molecule has 3 fully saturated rings. The van der Waals surface area contributed by atoms with Crippen molar-refractivity contribution >= 4 is 11.6 Å². The zero-order valence-corrected chi connectivity index (χ0v) is 18.0. The minimum Gasteiger partial charge on any atom is -0.381 e. The standard InChI is InChI=1S/C23H28F3N3O2/c1-3-31-15-22-8-9-28(18-5-4-16(11-27)19(10-18)23(24,25)26)12-17(22)13-29(14-22)20(30)21(2)6-7-21/h4-5,10,17H,3,6-9,12-15H2,1-2H3/t17-,22+/m1/s1. The number of rotatable bonds is 5. The predicted octanol–water partition coefficient (Wildman–Crippen LogP) is 4.07. The summed E-state index contributed by atoms with van der Waals surface area (Å²) in [5.41, 5.74) is -1.20. The summed E-state index contributed by atoms with van der Waals surface area (Å²) in [6.07, 6.45) is -1.99. The van der Waals surface area contributed by atoms with Crippen LogP contribution >= 0.6 is 0 Å². The van der Waals surface area contributed by atoms with Crippen molar-refractivity contribution in [3.8, 4) is 6.07 Å². The van der Waals surface area contributed by atoms with Crippen LogP contribution in [0.1, 0.15) is 44.2 Å². The van der Waals surface area contributed by atoms with Crippen molar-refractivity contribution in [3.05, 3.63) is 29.3 Å². The number of carbonyl (C=O) groups excluding carboxylic acids is 1. The molecule has 3 aliphatic rings. The molecule has 0 spiro atoms. The molecule has 4 rings (SSSR count). The second kappa shape index (κ2) is 7.70. The fourth-order valence-corrected chi connectivity index (χ4v) is 5.06. The number of anilines is 1. The van der Waals surface area contributed by atoms with Gasteiger partial charge in [0.25, 0.3) is 0 Å². The van der Waals surface area contributed by atoms with Gasteiger partial charge in [-0.25, -0.2) is 0 Å². The number of nitriles is 1. The Hall–Kier alpha value is -2.27. The van der Waals surface area contributed by atoms with Crippen LogP contribution in [0.4, 0.5) is 18.9 Å². The molecule has 2 atom stereocenters. The highest BCUT2D eigenvalue weighted by molar-refractivity contribution is 5.85. The van der Waals surface area contributed by atoms with Gasteiger partial charge >= 0.3 is 6.18 Å². The Bertz CT molecular complexity index is 906. The molecule has 0 N–H and O–H groups in total. The highest BCUT2D eigenvalue weighted by Crippen LogP contribution is 2.50. The SMILES string of the molecule is CCOC[C@@]12CCN(c3ccc(C#N)c(C(F)(F)F)c3)C[C@@H]1CN(C(=O)C1(C)CC1)C2. The topological polar surface area (TPSA) is 56.6 Å². The Labute approximate surface area is 180 Å². The number of ether oxygens (including phenoxy) is 1. The van der Waals surface area contributed by atoms with Crippen molar-refractivity contribution in [2.24, 2.45) is 16.7 Å². The van der Waals surface area contributed by atoms with E-state index in [-0.39, 0.29) is 28.2 Å². The van der Waals surface area contributed by atoms with E-state index >= 15 is 0 Å². The third-order valence-electron chi connectivity index (χ3n) is 7.32. The van der Waals surface area contributed by atoms with Gasteiger partial charge in [0.05, 0.1) is 23.8 Å². The zero-order valence-electron chi connectivity index (χ0n) is 18.0. The van der Waals surface area contributed by atoms with Gasteiger partial charge < -0.3 is 14.5 Å². The Morgan fingerprint density at radius 3 is 2.65 bits per heavy atom. The van der Waals surface area contributed by atoms with Gasteiger partial charge in [0.15, 0.2) is 0 Å². The average molecular weight is 435 g/mol. The molecule has 31 heavy (non-hydrogen) atoms. The van der Waals surface area contributed by atoms with Crippen molar-refractivity contribution in [2.75, 3.05) is 44.3 Å². The molecule has 168 valence electrons. The number of fused-ring (bicyclic) bond motifs is 1. The molecule has 1 amide bonds. The highest BCUT2D eigenvalue weighted by atomic mass is 19.4. The first-order valence-corrected chi connectivity index (χ1v) is 10.9. The lowest BCUT2D eigenvalue weighted by atomic mass is 9.73. The molecule has 0 unspecified atom stereocenters. The van der Waals surface area contributed by atoms with Gasteiger partial charge in [0, 0.05) is 55.2 Å². The molecule has 1 aliphatic carbocycles. The van der Waals surface area contributed by atoms with E-state index < -0.39 is 11.7 Å². The Balaban J connectivity index is 1.57. The number of benzene rings is 1. The number of piperidine rings is 1. The van der Waals surface area contributed by atoms with Crippen LogP contribution in [-0.4, -0.2) is 50.2 Å². The maximum atomic E-state index is 13.4. The van der Waals surface area contributed by atoms with Gasteiger partial charge in [-0.15, -0.1) is 0 Å². The van der Waals surface area contributed by atoms with Gasteiger partial charge in [0.2, 0.25) is 5.91 Å². The Morgan fingerprint density at radius 1 is 1.29 bits per heavy atom. The van der Waals surface area contributed by atoms with Gasteiger partial charge in [0.1, 0.15) is 0 Å². The van der Waals surface area contributed by atoms with Crippen molar-refractivity contribution in [3.63, 3.8) is 0 Å². The van der Waals surface area contributed by atoms with Crippen LogP contribution in [0.25, 0.3) is 0 Å². The molecule has 2 saturated heterocycles. The smallest absolute Gasteiger partial charge is 0.381 e. The second-order valence-corrected chi connectivity index (χ2v) is 9.48. The van der Waals surface area contributed by atoms with Gasteiger partial charge in [-0.1, -0.05) is 6.92 Å². The molecule has 0 bridgehead atoms. The van der Waals surface area contributed by atoms with E-state index in [9.17, 15) is 18.0 Å². The summed E-state index contributed by atoms with van der Waals surface area (Å²) in [5, 5.41) is 9.06. The number of amides is 1. The largest absolute Gasteiger partial charge is 0.417 e. The summed E-state index contributed by atoms with van der Waals surface area (Å²) in [4.78, 5) is 16.9. The molecule has 1 aromatic rings. The van der Waals surface area contributed by atoms with Crippen LogP contribution in [0.15, 0.2) is 18.2 Å². The maximum absolute atomic E-state index is 13.4. The molecule has 1 aromatic carbocycles. The number of hydrogen-bond acceptors (Lipinski definition) is 4. The average Bonchev–Trinajstić information content (AvgIpc) is 3.38. The first-order chi connectivity index (χ1) is 14.6. The highest BCUT2D eigenvalue weighted by Gasteiger charge is 2.55. The Morgan fingerprint density at radius 2 is 2.03 bits per heavy atom. The van der Waals surface area contributed by atoms with Crippen LogP contribution in [0.2, 0.25) is 0 Å². The molecular weight excluding hydrogens is 407 g/mol. The fraction of sp³-hybridized carbons (Fsp3) is 0.652. The quantitative estimate of drug-likeness (QED) is 0.700. The summed E-state index contributed by atoms with van der Waals surface area (Å²) in [6, 6.07) is 5.56. The molecule has 1 saturated carbocycles. The number of carbonyl (C=O) groups is 1. The summed E-state index contributed by atoms with van der Waals surface area (Å²) in [7, 11) is 0. The molecule has 8 heteroatoms. The summed E-state index contributed by atoms with van der Waals surface area (Å²) in [6.45, 7) is 7.52. The van der Waals surface area contributed by atoms with Crippen molar-refractivity contribution in [1.29, 1.82) is 5.26 Å². The fourth-order valence-electron chi connectivity index (χ4n) is 5.06. The van der Waals surface area contributed by atoms with E-state index in [1.54, 1.807) is 12.1 Å². The lowest BCUT2D eigenvalue weighted by molar-refractivity contribution is -0.138. The van der Waals surface area contributed by atoms with Crippen LogP contribution in [0.3, 0.4) is 0 Å². The number of halogens is 3. The number of hydrogen-bond donors (Lipinski definition) is 0. The maximum Gasteiger partial charge on any atom is 0.417 e. The van der Waals surface area contributed by atoms with E-state index in [1.165, 1.54) is 6.07 Å². The van der Waals surface area contributed by atoms with E-state index in [1.807, 2.05) is 23.6 Å². The molecular formula is C23H28F3N3O2. The van der Waals surface area contributed by atoms with Crippen LogP contribution in [-0.2, 0) is 15.7 Å². The third-order valence-corrected chi connectivity index (χ3v) is 7.32. The van der Waals surface area contributed by atoms with E-state index in [2.05, 4.69) is 0 Å². The lowest BCUT2D eigenvalue weighted by Crippen LogP contribution is -2.49. The van der Waals surface area contributed by atoms with Gasteiger partial charge in [-0.05, 0) is 44.4 Å². The molecule has 2 aliphatic heterocycles. The summed E-state index contributed by atoms with van der Waals surface area (Å²) in [5.74, 6) is 0.325. The first-order valence-electron chi connectivity index (χ1n) is 10.9. The number of alkyl halides is 3. The van der Waals surface area contributed by atoms with Crippen molar-refractivity contribution in [2.45, 2.75) is 39.3 Å². The molecule has 0 radical (unpaired) electrons. The predicted molar refractivity (Wildman–Crippen MR) is 109 cm³/mol. The minimum atomic E-state index is -4.58. The molecule has 2 heterocycles. The number of nitrogens with zero attached hydrogens (tertiary/aromatic N) is 3. The van der Waals surface area contributed by atoms with E-state index in [0.29, 0.717) is 45.1 Å². The second-order valence-electron chi connectivity index (χ2n) is 9.48. The summed E-state index contributed by atoms with van der Waals surface area (Å²) >= 11 is 0. The third kappa shape index (κ3) is 4.00. The van der Waals surface area contributed by atoms with Crippen LogP contribution < -0.4 is 4.90 Å². The van der Waals surface area contributed by atoms with Crippen molar-refractivity contribution < 1.29 is 22.7 Å². The first kappa shape index (κ1) is 21.9. The van der Waals surface area contributed by atoms with E-state index in [0.717, 1.165) is 25.3 Å². The van der Waals surface area contributed by atoms with Crippen LogP contribution in [0.5, 0.6) is 0 Å². The van der Waals surface area contributed by atoms with Gasteiger partial charge in [-0.3, -0.25) is 4.79 Å². The monoisotopic (exact) mass is 435 g/mol. The van der Waals surface area contributed by atoms with Gasteiger partial charge in [-0.2, -0.15) is 18.4 Å². The zero-order chi connectivity index (χ0) is 22.4.